The van der Waals surface area contributed by atoms with Gasteiger partial charge in [-0.05, 0) is 0 Å². The Morgan fingerprint density at radius 3 is 2.94 bits per heavy atom. The van der Waals surface area contributed by atoms with Crippen molar-refractivity contribution in [1.29, 1.82) is 0 Å². The molecule has 0 radical (unpaired) electrons. The maximum absolute atomic E-state index is 11.2. The molecule has 4 N–H and O–H groups in total. The number of nitrogens with one attached hydrogen (secondary N) is 1. The summed E-state index contributed by atoms with van der Waals surface area (Å²) in [7, 11) is 0. The molecule has 0 aliphatic heterocycles. The van der Waals surface area contributed by atoms with Crippen molar-refractivity contribution in [2.45, 2.75) is 0 Å². The van der Waals surface area contributed by atoms with Gasteiger partial charge in [0.2, 0.25) is 0 Å². The number of nitrogens with zero attached hydrogens (tertiary/aromatic N) is 3. The van der Waals surface area contributed by atoms with Gasteiger partial charge in [-0.3, -0.25) is 4.79 Å². The van der Waals surface area contributed by atoms with Crippen LogP contribution in [0.25, 0.3) is 5.82 Å². The number of hydrogen-bond acceptors (Lipinski definition) is 5. The van der Waals surface area contributed by atoms with Gasteiger partial charge in [-0.15, -0.1) is 0 Å². The predicted octanol–water partition coefficient (Wildman–Crippen LogP) is -0.764. The van der Waals surface area contributed by atoms with E-state index in [4.69, 9.17) is 10.8 Å². The largest absolute Gasteiger partial charge is 0.478 e. The summed E-state index contributed by atoms with van der Waals surface area (Å²) in [5, 5.41) is 12.4. The lowest BCUT2D eigenvalue weighted by molar-refractivity contribution is 0.0697. The number of rotatable bonds is 2. The van der Waals surface area contributed by atoms with Crippen LogP contribution in [-0.2, 0) is 0 Å². The molecule has 0 saturated carbocycles. The Hall–Kier alpha value is -2.64. The van der Waals surface area contributed by atoms with Crippen LogP contribution >= 0.6 is 0 Å². The summed E-state index contributed by atoms with van der Waals surface area (Å²) in [5.74, 6) is -1.02. The average Bonchev–Trinajstić information content (AvgIpc) is 2.71. The third-order valence-electron chi connectivity index (χ3n) is 1.91. The number of H-pyrrole nitrogens is 1. The van der Waals surface area contributed by atoms with Crippen molar-refractivity contribution < 1.29 is 9.90 Å². The van der Waals surface area contributed by atoms with Crippen LogP contribution in [0.15, 0.2) is 23.5 Å². The molecule has 0 saturated heterocycles. The first-order valence-corrected chi connectivity index (χ1v) is 4.21. The van der Waals surface area contributed by atoms with E-state index in [-0.39, 0.29) is 17.1 Å². The molecule has 0 unspecified atom stereocenters. The van der Waals surface area contributed by atoms with Crippen molar-refractivity contribution in [2.75, 3.05) is 5.73 Å². The molecule has 0 aliphatic carbocycles. The van der Waals surface area contributed by atoms with Gasteiger partial charge in [0.15, 0.2) is 5.82 Å². The molecule has 8 nitrogen and oxygen atoms in total. The van der Waals surface area contributed by atoms with E-state index >= 15 is 0 Å². The van der Waals surface area contributed by atoms with E-state index < -0.39 is 11.5 Å². The van der Waals surface area contributed by atoms with E-state index in [9.17, 15) is 9.59 Å². The second kappa shape index (κ2) is 3.50. The summed E-state index contributed by atoms with van der Waals surface area (Å²) in [4.78, 5) is 27.9. The quantitative estimate of drug-likeness (QED) is 0.611. The number of aromatic nitrogens is 4. The molecular formula is C8H7N5O3. The zero-order valence-corrected chi connectivity index (χ0v) is 7.91. The molecule has 0 bridgehead atoms. The van der Waals surface area contributed by atoms with Crippen LogP contribution < -0.4 is 11.3 Å². The van der Waals surface area contributed by atoms with E-state index in [0.717, 1.165) is 17.2 Å². The van der Waals surface area contributed by atoms with E-state index in [1.807, 2.05) is 0 Å². The zero-order chi connectivity index (χ0) is 11.7. The van der Waals surface area contributed by atoms with Crippen molar-refractivity contribution >= 4 is 11.7 Å². The number of hydrogen-bond donors (Lipinski definition) is 3. The fourth-order valence-electron chi connectivity index (χ4n) is 1.13. The van der Waals surface area contributed by atoms with E-state index in [1.54, 1.807) is 0 Å². The Morgan fingerprint density at radius 1 is 1.56 bits per heavy atom. The first kappa shape index (κ1) is 9.90. The fourth-order valence-corrected chi connectivity index (χ4v) is 1.13. The number of carboxylic acids is 1. The van der Waals surface area contributed by atoms with Crippen molar-refractivity contribution in [3.63, 3.8) is 0 Å². The maximum Gasteiger partial charge on any atom is 0.338 e. The van der Waals surface area contributed by atoms with Crippen LogP contribution in [0.2, 0.25) is 0 Å². The Bertz CT molecular complexity index is 600. The minimum Gasteiger partial charge on any atom is -0.478 e. The molecule has 0 aliphatic rings. The summed E-state index contributed by atoms with van der Waals surface area (Å²) in [6, 6.07) is 0. The molecule has 0 spiro atoms. The first-order chi connectivity index (χ1) is 7.59. The summed E-state index contributed by atoms with van der Waals surface area (Å²) in [5.41, 5.74) is 4.85. The molecule has 0 fully saturated rings. The molecule has 0 aromatic carbocycles. The summed E-state index contributed by atoms with van der Waals surface area (Å²) >= 11 is 0. The fraction of sp³-hybridized carbons (Fsp3) is 0. The standard InChI is InChI=1S/C8H7N5O3/c9-5-6(10-3-11-7(5)14)13-2-4(1-12-13)8(15)16/h1-3H,9H2,(H,15,16)(H,10,11,14). The zero-order valence-electron chi connectivity index (χ0n) is 7.91. The monoisotopic (exact) mass is 221 g/mol. The van der Waals surface area contributed by atoms with Gasteiger partial charge >= 0.3 is 5.97 Å². The van der Waals surface area contributed by atoms with Crippen LogP contribution in [0.3, 0.4) is 0 Å². The van der Waals surface area contributed by atoms with E-state index in [0.29, 0.717) is 0 Å². The van der Waals surface area contributed by atoms with Crippen LogP contribution in [-0.4, -0.2) is 30.8 Å². The highest BCUT2D eigenvalue weighted by atomic mass is 16.4. The lowest BCUT2D eigenvalue weighted by Gasteiger charge is -2.01. The number of anilines is 1. The molecule has 0 atom stereocenters. The lowest BCUT2D eigenvalue weighted by atomic mass is 10.4. The number of aromatic carboxylic acids is 1. The molecule has 82 valence electrons. The summed E-state index contributed by atoms with van der Waals surface area (Å²) < 4.78 is 1.13. The predicted molar refractivity (Wildman–Crippen MR) is 53.4 cm³/mol. The number of nitrogens with two attached hydrogens (primary N) is 1. The van der Waals surface area contributed by atoms with Crippen LogP contribution in [0, 0.1) is 0 Å². The maximum atomic E-state index is 11.2. The van der Waals surface area contributed by atoms with Crippen molar-refractivity contribution in [1.82, 2.24) is 19.7 Å². The minimum atomic E-state index is -1.12. The number of aromatic amines is 1. The van der Waals surface area contributed by atoms with Gasteiger partial charge in [0.05, 0.1) is 18.1 Å². The lowest BCUT2D eigenvalue weighted by Crippen LogP contribution is -2.16. The van der Waals surface area contributed by atoms with Gasteiger partial charge in [-0.2, -0.15) is 5.10 Å². The van der Waals surface area contributed by atoms with Gasteiger partial charge in [-0.25, -0.2) is 14.5 Å². The molecule has 0 amide bonds. The summed E-state index contributed by atoms with van der Waals surface area (Å²) in [6.45, 7) is 0. The van der Waals surface area contributed by atoms with Crippen LogP contribution in [0.5, 0.6) is 0 Å². The molecule has 16 heavy (non-hydrogen) atoms. The SMILES string of the molecule is Nc1c(-n2cc(C(=O)O)cn2)nc[nH]c1=O. The van der Waals surface area contributed by atoms with Gasteiger partial charge in [0.25, 0.3) is 5.56 Å². The second-order valence-electron chi connectivity index (χ2n) is 2.95. The minimum absolute atomic E-state index is 0.0125. The number of carboxylic acid groups (broad SMARTS) is 1. The van der Waals surface area contributed by atoms with Crippen molar-refractivity contribution in [2.24, 2.45) is 0 Å². The normalized spacial score (nSPS) is 10.2. The highest BCUT2D eigenvalue weighted by molar-refractivity contribution is 5.87. The van der Waals surface area contributed by atoms with Crippen LogP contribution in [0.1, 0.15) is 10.4 Å². The smallest absolute Gasteiger partial charge is 0.338 e. The Labute approximate surface area is 88.4 Å². The topological polar surface area (TPSA) is 127 Å². The highest BCUT2D eigenvalue weighted by Crippen LogP contribution is 2.08. The van der Waals surface area contributed by atoms with Gasteiger partial charge < -0.3 is 15.8 Å². The van der Waals surface area contributed by atoms with E-state index in [1.165, 1.54) is 6.20 Å². The third-order valence-corrected chi connectivity index (χ3v) is 1.91. The second-order valence-corrected chi connectivity index (χ2v) is 2.95. The number of nitrogen functional groups attached to an aromatic ring is 1. The first-order valence-electron chi connectivity index (χ1n) is 4.21. The molecule has 2 aromatic heterocycles. The molecule has 2 rings (SSSR count). The third kappa shape index (κ3) is 1.52. The Morgan fingerprint density at radius 2 is 2.31 bits per heavy atom. The Balaban J connectivity index is 2.55. The molecule has 2 aromatic rings. The molecular weight excluding hydrogens is 214 g/mol. The van der Waals surface area contributed by atoms with Gasteiger partial charge in [-0.1, -0.05) is 0 Å². The Kier molecular flexibility index (Phi) is 2.16. The molecule has 2 heterocycles. The number of carbonyl (C=O) groups is 1. The van der Waals surface area contributed by atoms with Gasteiger partial charge in [0, 0.05) is 6.20 Å². The summed E-state index contributed by atoms with van der Waals surface area (Å²) in [6.07, 6.45) is 3.53. The van der Waals surface area contributed by atoms with E-state index in [2.05, 4.69) is 15.1 Å². The average molecular weight is 221 g/mol. The van der Waals surface area contributed by atoms with Crippen molar-refractivity contribution in [3.8, 4) is 5.82 Å². The van der Waals surface area contributed by atoms with Crippen molar-refractivity contribution in [3.05, 3.63) is 34.6 Å². The van der Waals surface area contributed by atoms with Crippen LogP contribution in [0.4, 0.5) is 5.69 Å². The highest BCUT2D eigenvalue weighted by Gasteiger charge is 2.11. The van der Waals surface area contributed by atoms with Gasteiger partial charge in [0.1, 0.15) is 5.69 Å². The molecule has 8 heteroatoms.